The normalized spacial score (nSPS) is 34.1. The average molecular weight is 200 g/mol. The van der Waals surface area contributed by atoms with Crippen molar-refractivity contribution in [3.8, 4) is 0 Å². The first-order valence-electron chi connectivity index (χ1n) is 5.31. The summed E-state index contributed by atoms with van der Waals surface area (Å²) in [5, 5.41) is 8.68. The number of nitrogens with zero attached hydrogens (tertiary/aromatic N) is 1. The van der Waals surface area contributed by atoms with E-state index < -0.39 is 0 Å². The summed E-state index contributed by atoms with van der Waals surface area (Å²) in [7, 11) is 0. The van der Waals surface area contributed by atoms with Crippen molar-refractivity contribution in [1.82, 2.24) is 10.4 Å². The van der Waals surface area contributed by atoms with Gasteiger partial charge in [0.15, 0.2) is 0 Å². The fraction of sp³-hybridized carbons (Fsp3) is 0.900. The van der Waals surface area contributed by atoms with E-state index in [0.717, 1.165) is 19.4 Å². The summed E-state index contributed by atoms with van der Waals surface area (Å²) in [6, 6.07) is 0.257. The minimum Gasteiger partial charge on any atom is -0.289 e. The molecule has 4 heteroatoms. The monoisotopic (exact) mass is 200 g/mol. The highest BCUT2D eigenvalue weighted by atomic mass is 16.5. The number of rotatable bonds is 2. The zero-order valence-electron chi connectivity index (χ0n) is 9.16. The summed E-state index contributed by atoms with van der Waals surface area (Å²) in [5.41, 5.74) is 1.77. The fourth-order valence-electron chi connectivity index (χ4n) is 2.41. The number of carbonyl (C=O) groups excluding carboxylic acids is 1. The van der Waals surface area contributed by atoms with Gasteiger partial charge in [-0.3, -0.25) is 14.9 Å². The van der Waals surface area contributed by atoms with Crippen molar-refractivity contribution in [3.05, 3.63) is 0 Å². The molecule has 1 heterocycles. The van der Waals surface area contributed by atoms with E-state index in [9.17, 15) is 4.79 Å². The lowest BCUT2D eigenvalue weighted by molar-refractivity contribution is -0.139. The molecule has 0 aromatic carbocycles. The maximum absolute atomic E-state index is 11.5. The number of likely N-dealkylation sites (tertiary alicyclic amines) is 1. The Morgan fingerprint density at radius 3 is 2.64 bits per heavy atom. The first kappa shape index (κ1) is 11.5. The van der Waals surface area contributed by atoms with E-state index in [4.69, 9.17) is 5.21 Å². The van der Waals surface area contributed by atoms with E-state index in [1.807, 2.05) is 6.92 Å². The molecule has 0 spiro atoms. The Morgan fingerprint density at radius 2 is 2.14 bits per heavy atom. The van der Waals surface area contributed by atoms with E-state index in [2.05, 4.69) is 18.7 Å². The van der Waals surface area contributed by atoms with Gasteiger partial charge in [-0.05, 0) is 32.2 Å². The van der Waals surface area contributed by atoms with E-state index in [1.54, 1.807) is 5.48 Å². The zero-order chi connectivity index (χ0) is 10.7. The van der Waals surface area contributed by atoms with Crippen molar-refractivity contribution >= 4 is 5.91 Å². The van der Waals surface area contributed by atoms with Crippen LogP contribution >= 0.6 is 0 Å². The third-order valence-electron chi connectivity index (χ3n) is 3.25. The number of hydrogen-bond acceptors (Lipinski definition) is 3. The number of amides is 1. The van der Waals surface area contributed by atoms with Crippen molar-refractivity contribution < 1.29 is 10.0 Å². The van der Waals surface area contributed by atoms with Crippen LogP contribution in [-0.4, -0.2) is 34.6 Å². The molecule has 1 saturated heterocycles. The van der Waals surface area contributed by atoms with Gasteiger partial charge >= 0.3 is 0 Å². The molecule has 1 fully saturated rings. The first-order valence-corrected chi connectivity index (χ1v) is 5.31. The minimum atomic E-state index is -0.272. The van der Waals surface area contributed by atoms with Gasteiger partial charge < -0.3 is 0 Å². The predicted octanol–water partition coefficient (Wildman–Crippen LogP) is 1.00. The Hall–Kier alpha value is -0.610. The van der Waals surface area contributed by atoms with Gasteiger partial charge in [-0.2, -0.15) is 0 Å². The SMILES string of the molecule is CCN1C(C)CC[C@H](C)[C@@H]1C(=O)NO. The molecule has 1 unspecified atom stereocenters. The van der Waals surface area contributed by atoms with Crippen LogP contribution in [0.3, 0.4) is 0 Å². The summed E-state index contributed by atoms with van der Waals surface area (Å²) in [6.07, 6.45) is 2.18. The molecule has 1 rings (SSSR count). The molecule has 0 radical (unpaired) electrons. The summed E-state index contributed by atoms with van der Waals surface area (Å²) in [6.45, 7) is 7.09. The van der Waals surface area contributed by atoms with Gasteiger partial charge in [0, 0.05) is 6.04 Å². The standard InChI is InChI=1S/C10H20N2O2/c1-4-12-8(3)6-5-7(2)9(12)10(13)11-14/h7-9,14H,4-6H2,1-3H3,(H,11,13)/t7-,8?,9+/m0/s1. The number of hydroxylamine groups is 1. The smallest absolute Gasteiger partial charge is 0.260 e. The molecule has 82 valence electrons. The molecule has 4 nitrogen and oxygen atoms in total. The lowest BCUT2D eigenvalue weighted by Gasteiger charge is -2.42. The lowest BCUT2D eigenvalue weighted by atomic mass is 9.87. The van der Waals surface area contributed by atoms with Crippen molar-refractivity contribution in [2.45, 2.75) is 45.7 Å². The molecular formula is C10H20N2O2. The fourth-order valence-corrected chi connectivity index (χ4v) is 2.41. The summed E-state index contributed by atoms with van der Waals surface area (Å²) in [4.78, 5) is 13.6. The van der Waals surface area contributed by atoms with Crippen molar-refractivity contribution in [2.75, 3.05) is 6.54 Å². The Balaban J connectivity index is 2.78. The molecule has 0 aromatic rings. The van der Waals surface area contributed by atoms with Gasteiger partial charge in [0.05, 0.1) is 6.04 Å². The van der Waals surface area contributed by atoms with Crippen LogP contribution in [0.1, 0.15) is 33.6 Å². The van der Waals surface area contributed by atoms with Crippen LogP contribution in [0.5, 0.6) is 0 Å². The van der Waals surface area contributed by atoms with Crippen LogP contribution in [-0.2, 0) is 4.79 Å². The van der Waals surface area contributed by atoms with Crippen LogP contribution in [0.4, 0.5) is 0 Å². The number of hydrogen-bond donors (Lipinski definition) is 2. The topological polar surface area (TPSA) is 52.6 Å². The van der Waals surface area contributed by atoms with Crippen LogP contribution < -0.4 is 5.48 Å². The summed E-state index contributed by atoms with van der Waals surface area (Å²) >= 11 is 0. The van der Waals surface area contributed by atoms with Gasteiger partial charge in [-0.1, -0.05) is 13.8 Å². The average Bonchev–Trinajstić information content (AvgIpc) is 2.19. The molecule has 1 amide bonds. The second-order valence-corrected chi connectivity index (χ2v) is 4.15. The largest absolute Gasteiger partial charge is 0.289 e. The van der Waals surface area contributed by atoms with Crippen molar-refractivity contribution in [2.24, 2.45) is 5.92 Å². The van der Waals surface area contributed by atoms with Gasteiger partial charge in [-0.15, -0.1) is 0 Å². The predicted molar refractivity (Wildman–Crippen MR) is 54.0 cm³/mol. The van der Waals surface area contributed by atoms with Crippen LogP contribution in [0, 0.1) is 5.92 Å². The van der Waals surface area contributed by atoms with Gasteiger partial charge in [-0.25, -0.2) is 5.48 Å². The number of carbonyl (C=O) groups is 1. The van der Waals surface area contributed by atoms with E-state index in [-0.39, 0.29) is 11.9 Å². The van der Waals surface area contributed by atoms with E-state index >= 15 is 0 Å². The number of likely N-dealkylation sites (N-methyl/N-ethyl adjacent to an activating group) is 1. The second-order valence-electron chi connectivity index (χ2n) is 4.15. The molecule has 0 bridgehead atoms. The molecular weight excluding hydrogens is 180 g/mol. The highest BCUT2D eigenvalue weighted by Gasteiger charge is 2.36. The highest BCUT2D eigenvalue weighted by Crippen LogP contribution is 2.27. The molecule has 2 N–H and O–H groups in total. The highest BCUT2D eigenvalue weighted by molar-refractivity contribution is 5.81. The summed E-state index contributed by atoms with van der Waals surface area (Å²) in [5.74, 6) is 0.0456. The van der Waals surface area contributed by atoms with Crippen molar-refractivity contribution in [3.63, 3.8) is 0 Å². The third-order valence-corrected chi connectivity index (χ3v) is 3.25. The first-order chi connectivity index (χ1) is 6.61. The molecule has 1 aliphatic heterocycles. The van der Waals surface area contributed by atoms with Gasteiger partial charge in [0.2, 0.25) is 0 Å². The van der Waals surface area contributed by atoms with Crippen LogP contribution in [0.2, 0.25) is 0 Å². The molecule has 0 saturated carbocycles. The molecule has 3 atom stereocenters. The number of piperidine rings is 1. The molecule has 1 aliphatic rings. The molecule has 0 aliphatic carbocycles. The molecule has 0 aromatic heterocycles. The zero-order valence-corrected chi connectivity index (χ0v) is 9.16. The maximum Gasteiger partial charge on any atom is 0.260 e. The Labute approximate surface area is 85.2 Å². The van der Waals surface area contributed by atoms with Gasteiger partial charge in [0.1, 0.15) is 0 Å². The summed E-state index contributed by atoms with van der Waals surface area (Å²) < 4.78 is 0. The lowest BCUT2D eigenvalue weighted by Crippen LogP contribution is -2.55. The Kier molecular flexibility index (Phi) is 3.89. The Morgan fingerprint density at radius 1 is 1.50 bits per heavy atom. The van der Waals surface area contributed by atoms with Crippen LogP contribution in [0.15, 0.2) is 0 Å². The van der Waals surface area contributed by atoms with Crippen LogP contribution in [0.25, 0.3) is 0 Å². The second kappa shape index (κ2) is 4.75. The maximum atomic E-state index is 11.5. The van der Waals surface area contributed by atoms with E-state index in [0.29, 0.717) is 12.0 Å². The van der Waals surface area contributed by atoms with Crippen molar-refractivity contribution in [1.29, 1.82) is 0 Å². The number of nitrogens with one attached hydrogen (secondary N) is 1. The van der Waals surface area contributed by atoms with E-state index in [1.165, 1.54) is 0 Å². The molecule has 14 heavy (non-hydrogen) atoms. The quantitative estimate of drug-likeness (QED) is 0.516. The Bertz CT molecular complexity index is 208. The third kappa shape index (κ3) is 2.07. The minimum absolute atomic E-state index is 0.172. The van der Waals surface area contributed by atoms with Gasteiger partial charge in [0.25, 0.3) is 5.91 Å².